The molecule has 0 aliphatic heterocycles. The van der Waals surface area contributed by atoms with Gasteiger partial charge in [-0.1, -0.05) is 44.9 Å². The first-order valence-corrected chi connectivity index (χ1v) is 9.32. The van der Waals surface area contributed by atoms with Gasteiger partial charge in [0, 0.05) is 35.3 Å². The third-order valence-electron chi connectivity index (χ3n) is 4.38. The van der Waals surface area contributed by atoms with Crippen molar-refractivity contribution >= 4 is 0 Å². The fourth-order valence-corrected chi connectivity index (χ4v) is 3.70. The molecule has 0 saturated heterocycles. The van der Waals surface area contributed by atoms with Crippen molar-refractivity contribution in [1.29, 1.82) is 0 Å². The fraction of sp³-hybridized carbons (Fsp3) is 0.333. The highest BCUT2D eigenvalue weighted by Crippen LogP contribution is 2.35. The predicted molar refractivity (Wildman–Crippen MR) is 111 cm³/mol. The summed E-state index contributed by atoms with van der Waals surface area (Å²) in [6.45, 7) is 11.4. The Kier molecular flexibility index (Phi) is 5.19. The van der Waals surface area contributed by atoms with Crippen molar-refractivity contribution in [2.75, 3.05) is 0 Å². The molecule has 0 N–H and O–H groups in total. The third-order valence-corrected chi connectivity index (χ3v) is 4.38. The zero-order valence-corrected chi connectivity index (χ0v) is 16.8. The summed E-state index contributed by atoms with van der Waals surface area (Å²) in [6, 6.07) is 14.0. The van der Waals surface area contributed by atoms with Gasteiger partial charge in [0.15, 0.2) is 0 Å². The molecule has 2 aromatic heterocycles. The van der Waals surface area contributed by atoms with Gasteiger partial charge in [0.05, 0.1) is 0 Å². The Labute approximate surface area is 162 Å². The van der Waals surface area contributed by atoms with E-state index >= 15 is 0 Å². The van der Waals surface area contributed by atoms with Gasteiger partial charge >= 0.3 is 0 Å². The minimum Gasteiger partial charge on any atom is -0.325 e. The van der Waals surface area contributed by atoms with Crippen molar-refractivity contribution in [3.63, 3.8) is 0 Å². The number of imidazole rings is 1. The third kappa shape index (κ3) is 4.86. The molecule has 3 rings (SSSR count). The van der Waals surface area contributed by atoms with Crippen molar-refractivity contribution in [2.45, 2.75) is 46.6 Å². The number of aromatic nitrogens is 3. The van der Waals surface area contributed by atoms with Gasteiger partial charge in [0.2, 0.25) is 0 Å². The number of hydrogen-bond acceptors (Lipinski definition) is 2. The molecule has 0 unspecified atom stereocenters. The molecule has 138 valence electrons. The van der Waals surface area contributed by atoms with Gasteiger partial charge in [-0.15, -0.1) is 0 Å². The molecule has 3 nitrogen and oxygen atoms in total. The van der Waals surface area contributed by atoms with E-state index in [1.165, 1.54) is 0 Å². The largest absolute Gasteiger partial charge is 0.325 e. The predicted octanol–water partition coefficient (Wildman–Crippen LogP) is 5.52. The van der Waals surface area contributed by atoms with Crippen LogP contribution in [0.5, 0.6) is 0 Å². The van der Waals surface area contributed by atoms with E-state index in [2.05, 4.69) is 79.3 Å². The summed E-state index contributed by atoms with van der Waals surface area (Å²) in [7, 11) is 0. The molecule has 0 fully saturated rings. The molecule has 0 aliphatic carbocycles. The van der Waals surface area contributed by atoms with Crippen LogP contribution in [0.15, 0.2) is 61.1 Å². The highest BCUT2D eigenvalue weighted by atomic mass is 15.1. The molecule has 0 atom stereocenters. The van der Waals surface area contributed by atoms with Crippen molar-refractivity contribution in [3.8, 4) is 23.2 Å². The average Bonchev–Trinajstić information content (AvgIpc) is 3.10. The van der Waals surface area contributed by atoms with Gasteiger partial charge in [-0.2, -0.15) is 0 Å². The van der Waals surface area contributed by atoms with Crippen LogP contribution in [0.4, 0.5) is 0 Å². The van der Waals surface area contributed by atoms with E-state index in [4.69, 9.17) is 0 Å². The van der Waals surface area contributed by atoms with Crippen LogP contribution in [0, 0.1) is 17.3 Å². The number of pyridine rings is 1. The minimum absolute atomic E-state index is 0.0281. The fourth-order valence-electron chi connectivity index (χ4n) is 3.70. The molecule has 3 aromatic rings. The maximum atomic E-state index is 4.64. The quantitative estimate of drug-likeness (QED) is 0.578. The van der Waals surface area contributed by atoms with Crippen LogP contribution in [0.2, 0.25) is 0 Å². The molecule has 3 heteroatoms. The van der Waals surface area contributed by atoms with E-state index in [1.54, 1.807) is 6.20 Å². The lowest BCUT2D eigenvalue weighted by molar-refractivity contribution is 0.216. The number of benzene rings is 1. The smallest absolute Gasteiger partial charge is 0.140 e. The molecule has 27 heavy (non-hydrogen) atoms. The zero-order valence-electron chi connectivity index (χ0n) is 16.8. The van der Waals surface area contributed by atoms with Gasteiger partial charge in [-0.25, -0.2) is 9.97 Å². The Morgan fingerprint density at radius 1 is 0.889 bits per heavy atom. The van der Waals surface area contributed by atoms with Gasteiger partial charge in [-0.05, 0) is 55.9 Å². The Hall–Kier alpha value is -2.86. The summed E-state index contributed by atoms with van der Waals surface area (Å²) >= 11 is 0. The summed E-state index contributed by atoms with van der Waals surface area (Å²) in [5, 5.41) is 0. The zero-order chi connectivity index (χ0) is 19.5. The van der Waals surface area contributed by atoms with Gasteiger partial charge in [0.25, 0.3) is 0 Å². The van der Waals surface area contributed by atoms with Gasteiger partial charge in [-0.3, -0.25) is 0 Å². The lowest BCUT2D eigenvalue weighted by Gasteiger charge is -2.35. The highest BCUT2D eigenvalue weighted by Gasteiger charge is 2.29. The van der Waals surface area contributed by atoms with Crippen LogP contribution in [-0.2, 0) is 5.54 Å². The Morgan fingerprint density at radius 3 is 2.41 bits per heavy atom. The van der Waals surface area contributed by atoms with E-state index in [0.717, 1.165) is 29.1 Å². The van der Waals surface area contributed by atoms with Crippen LogP contribution >= 0.6 is 0 Å². The lowest BCUT2D eigenvalue weighted by Crippen LogP contribution is -2.31. The molecule has 0 spiro atoms. The summed E-state index contributed by atoms with van der Waals surface area (Å²) in [5.74, 6) is 7.31. The SMILES string of the molecule is CC(C)(C)CC(C)(C)n1ccnc1-c1cccc(C#Cc2ccccn2)c1. The second-order valence-corrected chi connectivity index (χ2v) is 8.72. The first-order valence-electron chi connectivity index (χ1n) is 9.32. The van der Waals surface area contributed by atoms with Gasteiger partial charge < -0.3 is 4.57 Å². The second kappa shape index (κ2) is 7.40. The molecule has 2 heterocycles. The summed E-state index contributed by atoms with van der Waals surface area (Å²) < 4.78 is 2.28. The van der Waals surface area contributed by atoms with E-state index in [0.29, 0.717) is 0 Å². The van der Waals surface area contributed by atoms with Crippen LogP contribution in [0.1, 0.15) is 52.3 Å². The van der Waals surface area contributed by atoms with Crippen molar-refractivity contribution in [2.24, 2.45) is 5.41 Å². The number of hydrogen-bond donors (Lipinski definition) is 0. The van der Waals surface area contributed by atoms with Crippen molar-refractivity contribution in [1.82, 2.24) is 14.5 Å². The molecule has 0 amide bonds. The molecule has 0 radical (unpaired) electrons. The van der Waals surface area contributed by atoms with E-state index in [1.807, 2.05) is 36.5 Å². The summed E-state index contributed by atoms with van der Waals surface area (Å²) in [4.78, 5) is 8.90. The van der Waals surface area contributed by atoms with Gasteiger partial charge in [0.1, 0.15) is 11.5 Å². The van der Waals surface area contributed by atoms with Crippen molar-refractivity contribution < 1.29 is 0 Å². The maximum absolute atomic E-state index is 4.64. The van der Waals surface area contributed by atoms with Crippen LogP contribution in [-0.4, -0.2) is 14.5 Å². The van der Waals surface area contributed by atoms with E-state index in [-0.39, 0.29) is 11.0 Å². The molecular formula is C24H27N3. The average molecular weight is 358 g/mol. The Balaban J connectivity index is 1.93. The molecule has 0 saturated carbocycles. The number of nitrogens with zero attached hydrogens (tertiary/aromatic N) is 3. The first-order chi connectivity index (χ1) is 12.7. The molecule has 1 aromatic carbocycles. The topological polar surface area (TPSA) is 30.7 Å². The monoisotopic (exact) mass is 357 g/mol. The summed E-state index contributed by atoms with van der Waals surface area (Å²) in [5.41, 5.74) is 3.02. The lowest BCUT2D eigenvalue weighted by atomic mass is 9.81. The van der Waals surface area contributed by atoms with E-state index in [9.17, 15) is 0 Å². The summed E-state index contributed by atoms with van der Waals surface area (Å²) in [6.07, 6.45) is 6.77. The molecular weight excluding hydrogens is 330 g/mol. The highest BCUT2D eigenvalue weighted by molar-refractivity contribution is 5.59. The van der Waals surface area contributed by atoms with Crippen LogP contribution in [0.25, 0.3) is 11.4 Å². The maximum Gasteiger partial charge on any atom is 0.140 e. The van der Waals surface area contributed by atoms with E-state index < -0.39 is 0 Å². The Bertz CT molecular complexity index is 964. The van der Waals surface area contributed by atoms with Crippen LogP contribution < -0.4 is 0 Å². The first kappa shape index (κ1) is 18.9. The van der Waals surface area contributed by atoms with Crippen molar-refractivity contribution in [3.05, 3.63) is 72.3 Å². The number of rotatable bonds is 3. The molecule has 0 bridgehead atoms. The Morgan fingerprint density at radius 2 is 1.70 bits per heavy atom. The normalized spacial score (nSPS) is 11.7. The minimum atomic E-state index is -0.0281. The standard InChI is InChI=1S/C24H27N3/c1-23(2,3)18-24(4,5)27-16-15-26-22(27)20-10-8-9-19(17-20)12-13-21-11-6-7-14-25-21/h6-11,14-17H,18H2,1-5H3. The van der Waals surface area contributed by atoms with Crippen LogP contribution in [0.3, 0.4) is 0 Å². The second-order valence-electron chi connectivity index (χ2n) is 8.72. The molecule has 0 aliphatic rings.